The van der Waals surface area contributed by atoms with Crippen LogP contribution in [-0.2, 0) is 0 Å². The van der Waals surface area contributed by atoms with Crippen LogP contribution in [0.1, 0.15) is 37.3 Å². The summed E-state index contributed by atoms with van der Waals surface area (Å²) in [7, 11) is 0. The lowest BCUT2D eigenvalue weighted by atomic mass is 9.97. The fourth-order valence-corrected chi connectivity index (χ4v) is 3.42. The average molecular weight is 382 g/mol. The largest absolute Gasteiger partial charge is 0.314 e. The Morgan fingerprint density at radius 3 is 2.61 bits per heavy atom. The highest BCUT2D eigenvalue weighted by molar-refractivity contribution is 6.42. The molecular formula is C17H24Cl3FN2. The van der Waals surface area contributed by atoms with E-state index in [0.717, 1.165) is 51.9 Å². The zero-order valence-corrected chi connectivity index (χ0v) is 15.5. The molecule has 1 fully saturated rings. The molecule has 23 heavy (non-hydrogen) atoms. The first-order valence-corrected chi connectivity index (χ1v) is 8.59. The molecule has 0 amide bonds. The van der Waals surface area contributed by atoms with E-state index in [-0.39, 0.29) is 24.3 Å². The molecular weight excluding hydrogens is 358 g/mol. The van der Waals surface area contributed by atoms with Crippen LogP contribution in [0.2, 0.25) is 10.0 Å². The first kappa shape index (κ1) is 20.7. The minimum absolute atomic E-state index is 0. The van der Waals surface area contributed by atoms with E-state index in [2.05, 4.69) is 16.8 Å². The van der Waals surface area contributed by atoms with Crippen LogP contribution in [0.3, 0.4) is 0 Å². The molecule has 0 bridgehead atoms. The second-order valence-corrected chi connectivity index (χ2v) is 6.42. The minimum atomic E-state index is -0.262. The second kappa shape index (κ2) is 10.5. The van der Waals surface area contributed by atoms with Gasteiger partial charge in [0.2, 0.25) is 0 Å². The quantitative estimate of drug-likeness (QED) is 0.394. The summed E-state index contributed by atoms with van der Waals surface area (Å²) in [5.41, 5.74) is 0.551. The molecule has 0 radical (unpaired) electrons. The Morgan fingerprint density at radius 1 is 1.26 bits per heavy atom. The lowest BCUT2D eigenvalue weighted by Crippen LogP contribution is -2.45. The van der Waals surface area contributed by atoms with Crippen molar-refractivity contribution >= 4 is 35.6 Å². The predicted molar refractivity (Wildman–Crippen MR) is 99.5 cm³/mol. The molecule has 1 heterocycles. The maximum absolute atomic E-state index is 14.4. The molecule has 2 rings (SSSR count). The maximum Gasteiger partial charge on any atom is 0.129 e. The van der Waals surface area contributed by atoms with Crippen molar-refractivity contribution in [2.75, 3.05) is 26.2 Å². The number of hydrogen-bond acceptors (Lipinski definition) is 2. The van der Waals surface area contributed by atoms with Gasteiger partial charge in [-0.1, -0.05) is 35.7 Å². The fourth-order valence-electron chi connectivity index (χ4n) is 2.98. The van der Waals surface area contributed by atoms with Gasteiger partial charge in [-0.05, 0) is 31.4 Å². The highest BCUT2D eigenvalue weighted by Crippen LogP contribution is 2.37. The molecule has 1 aliphatic rings. The molecule has 0 aliphatic carbocycles. The van der Waals surface area contributed by atoms with E-state index in [1.165, 1.54) is 12.1 Å². The van der Waals surface area contributed by atoms with Crippen molar-refractivity contribution < 1.29 is 4.39 Å². The van der Waals surface area contributed by atoms with Gasteiger partial charge >= 0.3 is 0 Å². The topological polar surface area (TPSA) is 15.3 Å². The highest BCUT2D eigenvalue weighted by Gasteiger charge is 2.27. The number of halogens is 4. The normalized spacial score (nSPS) is 16.7. The summed E-state index contributed by atoms with van der Waals surface area (Å²) in [4.78, 5) is 2.31. The van der Waals surface area contributed by atoms with Crippen molar-refractivity contribution in [3.05, 3.63) is 46.2 Å². The number of nitrogens with zero attached hydrogens (tertiary/aromatic N) is 1. The molecule has 1 aromatic carbocycles. The number of benzene rings is 1. The number of nitrogens with one attached hydrogen (secondary N) is 1. The van der Waals surface area contributed by atoms with E-state index < -0.39 is 0 Å². The third kappa shape index (κ3) is 5.61. The van der Waals surface area contributed by atoms with Gasteiger partial charge in [0.05, 0.1) is 10.0 Å². The van der Waals surface area contributed by atoms with Gasteiger partial charge in [-0.25, -0.2) is 4.39 Å². The number of hydrogen-bond donors (Lipinski definition) is 1. The minimum Gasteiger partial charge on any atom is -0.314 e. The summed E-state index contributed by atoms with van der Waals surface area (Å²) < 4.78 is 14.4. The van der Waals surface area contributed by atoms with E-state index in [4.69, 9.17) is 23.2 Å². The van der Waals surface area contributed by atoms with E-state index in [9.17, 15) is 4.39 Å². The lowest BCUT2D eigenvalue weighted by molar-refractivity contribution is 0.160. The van der Waals surface area contributed by atoms with Crippen LogP contribution in [0.15, 0.2) is 24.8 Å². The molecule has 0 spiro atoms. The first-order chi connectivity index (χ1) is 10.6. The van der Waals surface area contributed by atoms with E-state index in [1.54, 1.807) is 0 Å². The van der Waals surface area contributed by atoms with Crippen LogP contribution in [0.25, 0.3) is 0 Å². The van der Waals surface area contributed by atoms with Gasteiger partial charge in [0.1, 0.15) is 5.82 Å². The molecule has 1 atom stereocenters. The second-order valence-electron chi connectivity index (χ2n) is 5.63. The fraction of sp³-hybridized carbons (Fsp3) is 0.529. The Morgan fingerprint density at radius 2 is 1.96 bits per heavy atom. The lowest BCUT2D eigenvalue weighted by Gasteiger charge is -2.36. The van der Waals surface area contributed by atoms with E-state index in [0.29, 0.717) is 15.6 Å². The van der Waals surface area contributed by atoms with Crippen LogP contribution in [0.4, 0.5) is 4.39 Å². The Labute approximate surface area is 154 Å². The molecule has 0 unspecified atom stereocenters. The van der Waals surface area contributed by atoms with E-state index >= 15 is 0 Å². The summed E-state index contributed by atoms with van der Waals surface area (Å²) in [6, 6.07) is 2.93. The third-order valence-corrected chi connectivity index (χ3v) is 4.96. The van der Waals surface area contributed by atoms with Crippen molar-refractivity contribution in [3.63, 3.8) is 0 Å². The van der Waals surface area contributed by atoms with E-state index in [1.807, 2.05) is 6.08 Å². The zero-order valence-electron chi connectivity index (χ0n) is 13.2. The molecule has 130 valence electrons. The molecule has 0 aromatic heterocycles. The molecule has 2 nitrogen and oxygen atoms in total. The van der Waals surface area contributed by atoms with Crippen molar-refractivity contribution in [2.45, 2.75) is 31.7 Å². The van der Waals surface area contributed by atoms with Crippen LogP contribution >= 0.6 is 35.6 Å². The van der Waals surface area contributed by atoms with Gasteiger partial charge in [-0.15, -0.1) is 19.0 Å². The maximum atomic E-state index is 14.4. The predicted octanol–water partition coefficient (Wildman–Crippen LogP) is 5.25. The van der Waals surface area contributed by atoms with Crippen molar-refractivity contribution in [1.82, 2.24) is 10.2 Å². The standard InChI is InChI=1S/C17H23Cl2FN2.ClH/c1-2-3-4-5-6-15(22-11-9-21-10-12-22)16-14(20)8-7-13(18)17(16)19;/h2,7-8,15,21H,1,3-6,9-12H2;1H/t15-;/m1./s1. The Kier molecular flexibility index (Phi) is 9.48. The molecule has 6 heteroatoms. The summed E-state index contributed by atoms with van der Waals surface area (Å²) in [6.07, 6.45) is 5.87. The van der Waals surface area contributed by atoms with Crippen molar-refractivity contribution in [3.8, 4) is 0 Å². The number of unbranched alkanes of at least 4 members (excludes halogenated alkanes) is 2. The molecule has 1 aromatic rings. The van der Waals surface area contributed by atoms with Gasteiger partial charge in [0.15, 0.2) is 0 Å². The highest BCUT2D eigenvalue weighted by atomic mass is 35.5. The van der Waals surface area contributed by atoms with Gasteiger partial charge < -0.3 is 5.32 Å². The average Bonchev–Trinajstić information content (AvgIpc) is 2.54. The molecule has 1 saturated heterocycles. The number of allylic oxidation sites excluding steroid dienone is 1. The summed E-state index contributed by atoms with van der Waals surface area (Å²) >= 11 is 12.4. The SMILES string of the molecule is C=CCCCC[C@H](c1c(F)ccc(Cl)c1Cl)N1CCNCC1.Cl. The number of piperazine rings is 1. The molecule has 0 saturated carbocycles. The van der Waals surface area contributed by atoms with Crippen LogP contribution in [0.5, 0.6) is 0 Å². The number of rotatable bonds is 7. The summed E-state index contributed by atoms with van der Waals surface area (Å²) in [5.74, 6) is -0.262. The van der Waals surface area contributed by atoms with Gasteiger partial charge in [0, 0.05) is 37.8 Å². The zero-order chi connectivity index (χ0) is 15.9. The van der Waals surface area contributed by atoms with Gasteiger partial charge in [-0.3, -0.25) is 4.90 Å². The van der Waals surface area contributed by atoms with Crippen molar-refractivity contribution in [1.29, 1.82) is 0 Å². The molecule has 1 aliphatic heterocycles. The Bertz CT molecular complexity index is 505. The monoisotopic (exact) mass is 380 g/mol. The Hall–Kier alpha value is -0.320. The van der Waals surface area contributed by atoms with Crippen LogP contribution < -0.4 is 5.32 Å². The third-order valence-electron chi connectivity index (χ3n) is 4.14. The smallest absolute Gasteiger partial charge is 0.129 e. The summed E-state index contributed by atoms with van der Waals surface area (Å²) in [6.45, 7) is 7.38. The Balaban J connectivity index is 0.00000264. The summed E-state index contributed by atoms with van der Waals surface area (Å²) in [5, 5.41) is 4.11. The van der Waals surface area contributed by atoms with Gasteiger partial charge in [-0.2, -0.15) is 0 Å². The molecule has 1 N–H and O–H groups in total. The van der Waals surface area contributed by atoms with Gasteiger partial charge in [0.25, 0.3) is 0 Å². The van der Waals surface area contributed by atoms with Crippen molar-refractivity contribution in [2.24, 2.45) is 0 Å². The first-order valence-electron chi connectivity index (χ1n) is 7.84. The van der Waals surface area contributed by atoms with Crippen LogP contribution in [-0.4, -0.2) is 31.1 Å². The van der Waals surface area contributed by atoms with Crippen LogP contribution in [0, 0.1) is 5.82 Å².